The zero-order valence-electron chi connectivity index (χ0n) is 42.1. The van der Waals surface area contributed by atoms with E-state index in [4.69, 9.17) is 19.0 Å². The summed E-state index contributed by atoms with van der Waals surface area (Å²) in [5.74, 6) is 2.85. The third-order valence-corrected chi connectivity index (χ3v) is 19.0. The molecule has 2 amide bonds. The molecule has 366 valence electrons. The summed E-state index contributed by atoms with van der Waals surface area (Å²) in [5.41, 5.74) is 3.84. The van der Waals surface area contributed by atoms with E-state index < -0.39 is 13.7 Å². The molecule has 3 atom stereocenters. The summed E-state index contributed by atoms with van der Waals surface area (Å²) in [6.45, 7) is 16.1. The number of ether oxygens (including phenoxy) is 2. The molecule has 1 aliphatic heterocycles. The highest BCUT2D eigenvalue weighted by molar-refractivity contribution is 6.99. The lowest BCUT2D eigenvalue weighted by Gasteiger charge is -2.44. The van der Waals surface area contributed by atoms with Crippen LogP contribution in [-0.2, 0) is 9.84 Å². The number of piperidine rings is 1. The number of pyridine rings is 1. The quantitative estimate of drug-likeness (QED) is 0.0912. The minimum atomic E-state index is -2.87. The molecular weight excluding hydrogens is 891 g/mol. The molecule has 1 aliphatic carbocycles. The first-order valence-corrected chi connectivity index (χ1v) is 26.8. The molecule has 1 unspecified atom stereocenters. The molecule has 0 spiro atoms. The van der Waals surface area contributed by atoms with Gasteiger partial charge in [-0.15, -0.1) is 10.2 Å². The average Bonchev–Trinajstić information content (AvgIpc) is 3.98. The molecule has 2 N–H and O–H groups in total. The number of nitrogens with one attached hydrogen (secondary N) is 2. The van der Waals surface area contributed by atoms with Crippen LogP contribution in [-0.4, -0.2) is 90.1 Å². The maximum atomic E-state index is 14.4. The van der Waals surface area contributed by atoms with E-state index in [0.717, 1.165) is 71.5 Å². The molecule has 13 nitrogen and oxygen atoms in total. The molecule has 0 radical (unpaired) electrons. The van der Waals surface area contributed by atoms with Gasteiger partial charge in [0.25, 0.3) is 8.32 Å². The predicted octanol–water partition coefficient (Wildman–Crippen LogP) is 9.87. The molecular formula is C56H69N9O4Si. The number of carbonyl (C=O) groups is 1. The minimum Gasteiger partial charge on any atom is -0.492 e. The number of fused-ring (bicyclic) bond motifs is 2. The second kappa shape index (κ2) is 20.5. The molecule has 0 saturated carbocycles. The third kappa shape index (κ3) is 10.2. The van der Waals surface area contributed by atoms with E-state index in [0.29, 0.717) is 37.9 Å². The standard InChI is InChI=1S/C56H69N9O4Si/c1-40-20-17-18-33-63(40)54-60-59-51-32-29-43(38-64(51)54)69-49-31-30-48(46-27-15-16-28-47(46)49)57-53(66)58-52-37-50(61-65(52)41-21-19-22-42(36-41)67-35-34-62(7)8)56(5,6)39-68-70(55(2,3)4,44-23-11-9-12-24-44)45-25-13-10-14-26-45/h9-16,19,21-29,32,36-38,40,48-49H,17-18,20,30-31,33-35,39H2,1-8H3,(H2,57,58,66)/t40-,48?,49+/m0/s1. The van der Waals surface area contributed by atoms with Crippen molar-refractivity contribution in [1.82, 2.24) is 34.6 Å². The van der Waals surface area contributed by atoms with Crippen LogP contribution in [0, 0.1) is 0 Å². The van der Waals surface area contributed by atoms with Crippen molar-refractivity contribution in [1.29, 1.82) is 0 Å². The lowest BCUT2D eigenvalue weighted by Crippen LogP contribution is -2.67. The number of carbonyl (C=O) groups excluding carboxylic acids is 1. The molecule has 9 rings (SSSR count). The topological polar surface area (TPSA) is 123 Å². The fraction of sp³-hybridized carbons (Fsp3) is 0.393. The number of urea groups is 1. The van der Waals surface area contributed by atoms with Gasteiger partial charge in [0.05, 0.1) is 23.6 Å². The molecule has 1 saturated heterocycles. The SMILES string of the molecule is C[C@H]1CCCCN1c1nnc2ccc(O[C@@H]3CCC(NC(=O)Nc4cc(C(C)(C)CO[Si](c5ccccc5)(c5ccccc5)C(C)(C)C)nn4-c4cccc(OCCN(C)C)c4)c4ccccc43)cn12. The molecule has 14 heteroatoms. The van der Waals surface area contributed by atoms with Crippen molar-refractivity contribution in [2.45, 2.75) is 102 Å². The van der Waals surface area contributed by atoms with Gasteiger partial charge in [0.15, 0.2) is 5.65 Å². The zero-order chi connectivity index (χ0) is 49.0. The van der Waals surface area contributed by atoms with Gasteiger partial charge in [0.2, 0.25) is 5.95 Å². The molecule has 1 fully saturated rings. The lowest BCUT2D eigenvalue weighted by atomic mass is 9.85. The van der Waals surface area contributed by atoms with Gasteiger partial charge in [-0.05, 0) is 104 Å². The first kappa shape index (κ1) is 48.5. The number of anilines is 2. The highest BCUT2D eigenvalue weighted by Crippen LogP contribution is 2.41. The van der Waals surface area contributed by atoms with Crippen LogP contribution in [0.2, 0.25) is 5.04 Å². The van der Waals surface area contributed by atoms with Crippen molar-refractivity contribution in [3.8, 4) is 17.2 Å². The summed E-state index contributed by atoms with van der Waals surface area (Å²) < 4.78 is 24.3. The Morgan fingerprint density at radius 2 is 1.50 bits per heavy atom. The molecule has 3 aromatic heterocycles. The average molecular weight is 960 g/mol. The number of hydrogen-bond donors (Lipinski definition) is 2. The number of nitrogens with zero attached hydrogens (tertiary/aromatic N) is 7. The Balaban J connectivity index is 0.975. The molecule has 0 bridgehead atoms. The summed E-state index contributed by atoms with van der Waals surface area (Å²) in [6, 6.07) is 43.3. The van der Waals surface area contributed by atoms with E-state index in [1.54, 1.807) is 4.68 Å². The van der Waals surface area contributed by atoms with E-state index in [1.807, 2.05) is 74.9 Å². The van der Waals surface area contributed by atoms with Crippen LogP contribution in [0.15, 0.2) is 134 Å². The van der Waals surface area contributed by atoms with Crippen molar-refractivity contribution in [3.63, 3.8) is 0 Å². The smallest absolute Gasteiger partial charge is 0.320 e. The number of benzene rings is 4. The molecule has 2 aliphatic rings. The summed E-state index contributed by atoms with van der Waals surface area (Å²) in [5, 5.41) is 23.1. The van der Waals surface area contributed by atoms with Crippen LogP contribution < -0.4 is 35.4 Å². The Morgan fingerprint density at radius 3 is 2.20 bits per heavy atom. The number of amides is 2. The minimum absolute atomic E-state index is 0.199. The maximum Gasteiger partial charge on any atom is 0.320 e. The van der Waals surface area contributed by atoms with Crippen molar-refractivity contribution in [2.24, 2.45) is 0 Å². The van der Waals surface area contributed by atoms with Crippen molar-refractivity contribution >= 4 is 42.1 Å². The first-order valence-electron chi connectivity index (χ1n) is 24.9. The summed E-state index contributed by atoms with van der Waals surface area (Å²) >= 11 is 0. The first-order chi connectivity index (χ1) is 33.7. The highest BCUT2D eigenvalue weighted by atomic mass is 28.4. The molecule has 70 heavy (non-hydrogen) atoms. The van der Waals surface area contributed by atoms with Crippen LogP contribution in [0.25, 0.3) is 11.3 Å². The van der Waals surface area contributed by atoms with Gasteiger partial charge in [-0.3, -0.25) is 9.72 Å². The van der Waals surface area contributed by atoms with Gasteiger partial charge in [0, 0.05) is 43.3 Å². The Labute approximate surface area is 414 Å². The Kier molecular flexibility index (Phi) is 14.2. The van der Waals surface area contributed by atoms with Crippen LogP contribution >= 0.6 is 0 Å². The van der Waals surface area contributed by atoms with Gasteiger partial charge in [0.1, 0.15) is 30.0 Å². The summed E-state index contributed by atoms with van der Waals surface area (Å²) in [6.07, 6.45) is 6.72. The van der Waals surface area contributed by atoms with Gasteiger partial charge in [-0.2, -0.15) is 5.10 Å². The van der Waals surface area contributed by atoms with Crippen LogP contribution in [0.5, 0.6) is 11.5 Å². The third-order valence-electron chi connectivity index (χ3n) is 14.0. The van der Waals surface area contributed by atoms with E-state index in [-0.39, 0.29) is 23.2 Å². The predicted molar refractivity (Wildman–Crippen MR) is 282 cm³/mol. The van der Waals surface area contributed by atoms with Crippen molar-refractivity contribution in [2.75, 3.05) is 50.6 Å². The van der Waals surface area contributed by atoms with Gasteiger partial charge in [-0.1, -0.05) is 126 Å². The molecule has 7 aromatic rings. The van der Waals surface area contributed by atoms with Crippen LogP contribution in [0.3, 0.4) is 0 Å². The Hall–Kier alpha value is -6.48. The largest absolute Gasteiger partial charge is 0.492 e. The van der Waals surface area contributed by atoms with Gasteiger partial charge < -0.3 is 29.0 Å². The van der Waals surface area contributed by atoms with E-state index in [1.165, 1.54) is 16.8 Å². The van der Waals surface area contributed by atoms with E-state index >= 15 is 0 Å². The summed E-state index contributed by atoms with van der Waals surface area (Å²) in [7, 11) is 1.18. The van der Waals surface area contributed by atoms with Gasteiger partial charge >= 0.3 is 6.03 Å². The van der Waals surface area contributed by atoms with Gasteiger partial charge in [-0.25, -0.2) is 9.48 Å². The Morgan fingerprint density at radius 1 is 0.786 bits per heavy atom. The monoisotopic (exact) mass is 960 g/mol. The number of rotatable bonds is 16. The molecule has 4 aromatic carbocycles. The van der Waals surface area contributed by atoms with E-state index in [9.17, 15) is 4.79 Å². The van der Waals surface area contributed by atoms with Crippen molar-refractivity contribution in [3.05, 3.63) is 150 Å². The second-order valence-electron chi connectivity index (χ2n) is 20.9. The highest BCUT2D eigenvalue weighted by Gasteiger charge is 2.51. The maximum absolute atomic E-state index is 14.4. The summed E-state index contributed by atoms with van der Waals surface area (Å²) in [4.78, 5) is 18.8. The fourth-order valence-corrected chi connectivity index (χ4v) is 14.9. The molecule has 4 heterocycles. The number of hydrogen-bond acceptors (Lipinski definition) is 9. The van der Waals surface area contributed by atoms with Crippen LogP contribution in [0.4, 0.5) is 16.6 Å². The van der Waals surface area contributed by atoms with E-state index in [2.05, 4.69) is 149 Å². The lowest BCUT2D eigenvalue weighted by molar-refractivity contribution is 0.171. The zero-order valence-corrected chi connectivity index (χ0v) is 43.1. The second-order valence-corrected chi connectivity index (χ2v) is 25.2. The number of likely N-dealkylation sites (N-methyl/N-ethyl adjacent to an activating group) is 1. The van der Waals surface area contributed by atoms with Crippen molar-refractivity contribution < 1.29 is 18.7 Å². The normalized spacial score (nSPS) is 17.6. The Bertz CT molecular complexity index is 2840. The van der Waals surface area contributed by atoms with Crippen LogP contribution in [0.1, 0.15) is 103 Å². The number of aromatic nitrogens is 5. The fourth-order valence-electron chi connectivity index (χ4n) is 10.2.